The van der Waals surface area contributed by atoms with Crippen LogP contribution in [0.5, 0.6) is 5.75 Å². The van der Waals surface area contributed by atoms with Crippen LogP contribution in [0.2, 0.25) is 0 Å². The van der Waals surface area contributed by atoms with Crippen LogP contribution in [0.3, 0.4) is 0 Å². The van der Waals surface area contributed by atoms with Crippen molar-refractivity contribution in [2.45, 2.75) is 6.23 Å². The van der Waals surface area contributed by atoms with E-state index >= 15 is 0 Å². The van der Waals surface area contributed by atoms with E-state index in [0.29, 0.717) is 5.82 Å². The molecule has 1 aliphatic rings. The molecule has 0 bridgehead atoms. The summed E-state index contributed by atoms with van der Waals surface area (Å²) < 4.78 is 6.37. The minimum Gasteiger partial charge on any atom is -0.464 e. The second kappa shape index (κ2) is 11.3. The molecule has 0 radical (unpaired) electrons. The molecule has 1 atom stereocenters. The zero-order valence-electron chi connectivity index (χ0n) is 25.5. The fraction of sp³-hybridized carbons (Fsp3) is 0.0233. The zero-order valence-corrected chi connectivity index (χ0v) is 25.5. The van der Waals surface area contributed by atoms with Crippen molar-refractivity contribution < 1.29 is 4.74 Å². The Hall–Kier alpha value is -6.26. The number of benzene rings is 7. The first-order valence-corrected chi connectivity index (χ1v) is 15.9. The van der Waals surface area contributed by atoms with Gasteiger partial charge in [-0.1, -0.05) is 146 Å². The number of hydrogen-bond donors (Lipinski definition) is 1. The molecule has 222 valence electrons. The van der Waals surface area contributed by atoms with Gasteiger partial charge in [-0.05, 0) is 45.5 Å². The van der Waals surface area contributed by atoms with E-state index in [9.17, 15) is 0 Å². The predicted octanol–water partition coefficient (Wildman–Crippen LogP) is 11.0. The van der Waals surface area contributed by atoms with E-state index in [0.717, 1.165) is 56.2 Å². The Morgan fingerprint density at radius 3 is 1.70 bits per heavy atom. The van der Waals surface area contributed by atoms with Gasteiger partial charge in [0.2, 0.25) is 0 Å². The molecule has 0 aliphatic carbocycles. The highest BCUT2D eigenvalue weighted by Gasteiger charge is 2.26. The highest BCUT2D eigenvalue weighted by atomic mass is 16.5. The topological polar surface area (TPSA) is 47.0 Å². The summed E-state index contributed by atoms with van der Waals surface area (Å²) in [6, 6.07) is 56.8. The summed E-state index contributed by atoms with van der Waals surface area (Å²) in [6.07, 6.45) is -0.215. The van der Waals surface area contributed by atoms with Crippen molar-refractivity contribution in [3.63, 3.8) is 0 Å². The standard InChI is InChI=1S/C43H29N3O/c1-4-10-30(11-5-1)37-27-38(31-12-6-2-7-13-31)45-42(44-37)33-21-16-28(17-22-33)35-23-19-29-18-20-32-24-25-39-41(40(32)36(29)26-35)46-43(47-39)34-14-8-3-9-15-34/h1-27,43,46H. The maximum atomic E-state index is 6.37. The first-order chi connectivity index (χ1) is 23.3. The molecule has 8 aromatic rings. The minimum absolute atomic E-state index is 0.215. The second-order valence-corrected chi connectivity index (χ2v) is 11.9. The number of ether oxygens (including phenoxy) is 1. The van der Waals surface area contributed by atoms with Crippen LogP contribution in [-0.2, 0) is 0 Å². The van der Waals surface area contributed by atoms with Crippen molar-refractivity contribution >= 4 is 27.2 Å². The molecule has 0 fully saturated rings. The number of nitrogens with zero attached hydrogens (tertiary/aromatic N) is 2. The first-order valence-electron chi connectivity index (χ1n) is 15.9. The van der Waals surface area contributed by atoms with Crippen molar-refractivity contribution in [3.05, 3.63) is 169 Å². The molecule has 0 spiro atoms. The van der Waals surface area contributed by atoms with Gasteiger partial charge in [0.15, 0.2) is 12.1 Å². The van der Waals surface area contributed by atoms with Gasteiger partial charge < -0.3 is 10.1 Å². The van der Waals surface area contributed by atoms with Crippen LogP contribution in [0.25, 0.3) is 66.6 Å². The molecule has 4 heteroatoms. The van der Waals surface area contributed by atoms with E-state index < -0.39 is 0 Å². The van der Waals surface area contributed by atoms with Crippen LogP contribution < -0.4 is 10.1 Å². The number of fused-ring (bicyclic) bond motifs is 5. The molecule has 0 saturated heterocycles. The third-order valence-corrected chi connectivity index (χ3v) is 8.93. The summed E-state index contributed by atoms with van der Waals surface area (Å²) in [5.74, 6) is 1.58. The van der Waals surface area contributed by atoms with E-state index in [1.54, 1.807) is 0 Å². The third-order valence-electron chi connectivity index (χ3n) is 8.93. The summed E-state index contributed by atoms with van der Waals surface area (Å²) in [5, 5.41) is 8.41. The van der Waals surface area contributed by atoms with Gasteiger partial charge in [0.1, 0.15) is 5.75 Å². The molecular formula is C43H29N3O. The Balaban J connectivity index is 1.10. The smallest absolute Gasteiger partial charge is 0.196 e. The lowest BCUT2D eigenvalue weighted by atomic mass is 9.95. The van der Waals surface area contributed by atoms with Gasteiger partial charge in [0, 0.05) is 27.6 Å². The van der Waals surface area contributed by atoms with E-state index in [4.69, 9.17) is 14.7 Å². The summed E-state index contributed by atoms with van der Waals surface area (Å²) in [6.45, 7) is 0. The lowest BCUT2D eigenvalue weighted by Crippen LogP contribution is -2.09. The molecule has 1 unspecified atom stereocenters. The van der Waals surface area contributed by atoms with Gasteiger partial charge in [-0.3, -0.25) is 0 Å². The van der Waals surface area contributed by atoms with Crippen LogP contribution in [-0.4, -0.2) is 9.97 Å². The van der Waals surface area contributed by atoms with Crippen molar-refractivity contribution in [1.82, 2.24) is 9.97 Å². The molecule has 1 N–H and O–H groups in total. The van der Waals surface area contributed by atoms with Crippen LogP contribution in [0.15, 0.2) is 164 Å². The van der Waals surface area contributed by atoms with E-state index in [-0.39, 0.29) is 6.23 Å². The van der Waals surface area contributed by atoms with Crippen molar-refractivity contribution in [3.8, 4) is 50.8 Å². The van der Waals surface area contributed by atoms with Gasteiger partial charge >= 0.3 is 0 Å². The quantitative estimate of drug-likeness (QED) is 0.199. The Kier molecular flexibility index (Phi) is 6.50. The van der Waals surface area contributed by atoms with Gasteiger partial charge in [-0.25, -0.2) is 9.97 Å². The largest absolute Gasteiger partial charge is 0.464 e. The number of rotatable bonds is 5. The van der Waals surface area contributed by atoms with Crippen molar-refractivity contribution in [2.24, 2.45) is 0 Å². The first kappa shape index (κ1) is 27.1. The molecule has 0 amide bonds. The Morgan fingerprint density at radius 2 is 1.02 bits per heavy atom. The monoisotopic (exact) mass is 603 g/mol. The fourth-order valence-electron chi connectivity index (χ4n) is 6.52. The van der Waals surface area contributed by atoms with Crippen molar-refractivity contribution in [1.29, 1.82) is 0 Å². The highest BCUT2D eigenvalue weighted by Crippen LogP contribution is 2.45. The van der Waals surface area contributed by atoms with Crippen molar-refractivity contribution in [2.75, 3.05) is 5.32 Å². The Labute approximate surface area is 273 Å². The number of aromatic nitrogens is 2. The lowest BCUT2D eigenvalue weighted by molar-refractivity contribution is 0.260. The predicted molar refractivity (Wildman–Crippen MR) is 192 cm³/mol. The van der Waals surface area contributed by atoms with Gasteiger partial charge in [0.25, 0.3) is 0 Å². The molecule has 0 saturated carbocycles. The molecule has 47 heavy (non-hydrogen) atoms. The Morgan fingerprint density at radius 1 is 0.468 bits per heavy atom. The van der Waals surface area contributed by atoms with Crippen LogP contribution in [0.4, 0.5) is 5.69 Å². The molecule has 7 aromatic carbocycles. The van der Waals surface area contributed by atoms with E-state index in [1.165, 1.54) is 21.5 Å². The van der Waals surface area contributed by atoms with Gasteiger partial charge in [-0.2, -0.15) is 0 Å². The minimum atomic E-state index is -0.215. The average Bonchev–Trinajstić information content (AvgIpc) is 3.60. The second-order valence-electron chi connectivity index (χ2n) is 11.9. The molecule has 2 heterocycles. The number of hydrogen-bond acceptors (Lipinski definition) is 4. The lowest BCUT2D eigenvalue weighted by Gasteiger charge is -2.12. The van der Waals surface area contributed by atoms with Gasteiger partial charge in [-0.15, -0.1) is 0 Å². The average molecular weight is 604 g/mol. The summed E-state index contributed by atoms with van der Waals surface area (Å²) in [7, 11) is 0. The highest BCUT2D eigenvalue weighted by molar-refractivity contribution is 6.16. The number of anilines is 1. The maximum absolute atomic E-state index is 6.37. The summed E-state index contributed by atoms with van der Waals surface area (Å²) in [4.78, 5) is 10.0. The molecule has 1 aromatic heterocycles. The molecule has 4 nitrogen and oxygen atoms in total. The SMILES string of the molecule is c1ccc(-c2cc(-c3ccccc3)nc(-c3ccc(-c4ccc5ccc6ccc7c(c6c5c4)NC(c4ccccc4)O7)cc3)n2)cc1. The summed E-state index contributed by atoms with van der Waals surface area (Å²) >= 11 is 0. The third kappa shape index (κ3) is 4.97. The molecular weight excluding hydrogens is 574 g/mol. The van der Waals surface area contributed by atoms with Crippen LogP contribution in [0, 0.1) is 0 Å². The maximum Gasteiger partial charge on any atom is 0.196 e. The Bertz CT molecular complexity index is 2330. The fourth-order valence-corrected chi connectivity index (χ4v) is 6.52. The normalized spacial score (nSPS) is 13.7. The van der Waals surface area contributed by atoms with Gasteiger partial charge in [0.05, 0.1) is 17.1 Å². The number of nitrogens with one attached hydrogen (secondary N) is 1. The molecule has 9 rings (SSSR count). The molecule has 1 aliphatic heterocycles. The van der Waals surface area contributed by atoms with Crippen LogP contribution >= 0.6 is 0 Å². The van der Waals surface area contributed by atoms with Crippen LogP contribution in [0.1, 0.15) is 11.8 Å². The summed E-state index contributed by atoms with van der Waals surface area (Å²) in [5.41, 5.74) is 9.33. The zero-order chi connectivity index (χ0) is 31.2. The van der Waals surface area contributed by atoms with E-state index in [1.807, 2.05) is 54.6 Å². The van der Waals surface area contributed by atoms with E-state index in [2.05, 4.69) is 115 Å².